The first-order valence-electron chi connectivity index (χ1n) is 7.46. The van der Waals surface area contributed by atoms with E-state index in [9.17, 15) is 0 Å². The fourth-order valence-electron chi connectivity index (χ4n) is 3.45. The zero-order chi connectivity index (χ0) is 14.0. The highest BCUT2D eigenvalue weighted by Crippen LogP contribution is 2.40. The SMILES string of the molecule is Clc1cccc(C2CNCC3(CCCCC3)CO2)c1Cl. The lowest BCUT2D eigenvalue weighted by atomic mass is 9.74. The Balaban J connectivity index is 1.75. The molecule has 0 bridgehead atoms. The Kier molecular flexibility index (Phi) is 4.56. The molecule has 2 aliphatic rings. The highest BCUT2D eigenvalue weighted by Gasteiger charge is 2.35. The van der Waals surface area contributed by atoms with Gasteiger partial charge in [0.25, 0.3) is 0 Å². The lowest BCUT2D eigenvalue weighted by molar-refractivity contribution is -0.00136. The monoisotopic (exact) mass is 313 g/mol. The number of nitrogens with one attached hydrogen (secondary N) is 1. The van der Waals surface area contributed by atoms with Crippen LogP contribution in [0.3, 0.4) is 0 Å². The highest BCUT2D eigenvalue weighted by atomic mass is 35.5. The van der Waals surface area contributed by atoms with Crippen molar-refractivity contribution in [3.8, 4) is 0 Å². The van der Waals surface area contributed by atoms with Gasteiger partial charge in [-0.15, -0.1) is 0 Å². The van der Waals surface area contributed by atoms with Crippen LogP contribution in [0.2, 0.25) is 10.0 Å². The van der Waals surface area contributed by atoms with Crippen LogP contribution in [0.15, 0.2) is 18.2 Å². The maximum atomic E-state index is 6.32. The Labute approximate surface area is 130 Å². The molecule has 1 unspecified atom stereocenters. The Morgan fingerprint density at radius 3 is 2.75 bits per heavy atom. The number of halogens is 2. The molecule has 2 nitrogen and oxygen atoms in total. The van der Waals surface area contributed by atoms with Crippen molar-refractivity contribution in [2.24, 2.45) is 5.41 Å². The van der Waals surface area contributed by atoms with E-state index in [1.807, 2.05) is 18.2 Å². The second-order valence-corrected chi connectivity index (χ2v) is 6.92. The average Bonchev–Trinajstić information content (AvgIpc) is 2.66. The van der Waals surface area contributed by atoms with Crippen molar-refractivity contribution in [3.05, 3.63) is 33.8 Å². The second-order valence-electron chi connectivity index (χ2n) is 6.13. The number of hydrogen-bond acceptors (Lipinski definition) is 2. The lowest BCUT2D eigenvalue weighted by Gasteiger charge is -2.35. The van der Waals surface area contributed by atoms with Gasteiger partial charge in [-0.2, -0.15) is 0 Å². The maximum Gasteiger partial charge on any atom is 0.0964 e. The van der Waals surface area contributed by atoms with Crippen LogP contribution in [0.1, 0.15) is 43.8 Å². The zero-order valence-electron chi connectivity index (χ0n) is 11.6. The standard InChI is InChI=1S/C16H21Cl2NO/c17-13-6-4-5-12(15(13)18)14-9-19-10-16(11-20-14)7-2-1-3-8-16/h4-6,14,19H,1-3,7-11H2. The fraction of sp³-hybridized carbons (Fsp3) is 0.625. The Bertz CT molecular complexity index is 472. The van der Waals surface area contributed by atoms with E-state index in [4.69, 9.17) is 27.9 Å². The van der Waals surface area contributed by atoms with E-state index in [1.54, 1.807) is 0 Å². The molecule has 1 aliphatic carbocycles. The van der Waals surface area contributed by atoms with Crippen molar-refractivity contribution in [1.82, 2.24) is 5.32 Å². The molecule has 1 saturated heterocycles. The molecule has 20 heavy (non-hydrogen) atoms. The molecule has 1 saturated carbocycles. The van der Waals surface area contributed by atoms with Crippen LogP contribution in [0.5, 0.6) is 0 Å². The van der Waals surface area contributed by atoms with Gasteiger partial charge in [-0.3, -0.25) is 0 Å². The first-order valence-corrected chi connectivity index (χ1v) is 8.22. The third-order valence-electron chi connectivity index (χ3n) is 4.66. The summed E-state index contributed by atoms with van der Waals surface area (Å²) in [6, 6.07) is 5.77. The molecule has 1 atom stereocenters. The van der Waals surface area contributed by atoms with Crippen LogP contribution in [0.25, 0.3) is 0 Å². The number of hydrogen-bond donors (Lipinski definition) is 1. The molecule has 1 aromatic rings. The normalized spacial score (nSPS) is 26.4. The summed E-state index contributed by atoms with van der Waals surface area (Å²) < 4.78 is 6.21. The predicted octanol–water partition coefficient (Wildman–Crippen LogP) is 4.60. The first-order chi connectivity index (χ1) is 9.70. The molecule has 1 aliphatic heterocycles. The molecule has 1 N–H and O–H groups in total. The van der Waals surface area contributed by atoms with Crippen molar-refractivity contribution in [3.63, 3.8) is 0 Å². The minimum Gasteiger partial charge on any atom is -0.372 e. The molecule has 0 amide bonds. The van der Waals surface area contributed by atoms with Crippen molar-refractivity contribution < 1.29 is 4.74 Å². The maximum absolute atomic E-state index is 6.32. The van der Waals surface area contributed by atoms with Crippen LogP contribution < -0.4 is 5.32 Å². The highest BCUT2D eigenvalue weighted by molar-refractivity contribution is 6.42. The second kappa shape index (κ2) is 6.23. The molecule has 4 heteroatoms. The molecule has 3 rings (SSSR count). The number of rotatable bonds is 1. The van der Waals surface area contributed by atoms with Gasteiger partial charge in [0, 0.05) is 24.1 Å². The van der Waals surface area contributed by atoms with E-state index < -0.39 is 0 Å². The molecule has 0 radical (unpaired) electrons. The fourth-order valence-corrected chi connectivity index (χ4v) is 3.88. The largest absolute Gasteiger partial charge is 0.372 e. The Hall–Kier alpha value is -0.280. The number of ether oxygens (including phenoxy) is 1. The summed E-state index contributed by atoms with van der Waals surface area (Å²) in [4.78, 5) is 0. The van der Waals surface area contributed by atoms with E-state index >= 15 is 0 Å². The van der Waals surface area contributed by atoms with E-state index in [-0.39, 0.29) is 6.10 Å². The molecule has 1 heterocycles. The average molecular weight is 314 g/mol. The predicted molar refractivity (Wildman–Crippen MR) is 83.5 cm³/mol. The van der Waals surface area contributed by atoms with Gasteiger partial charge in [0.05, 0.1) is 22.8 Å². The van der Waals surface area contributed by atoms with Gasteiger partial charge in [-0.05, 0) is 18.9 Å². The van der Waals surface area contributed by atoms with Gasteiger partial charge < -0.3 is 10.1 Å². The van der Waals surface area contributed by atoms with Crippen LogP contribution >= 0.6 is 23.2 Å². The molecular weight excluding hydrogens is 293 g/mol. The van der Waals surface area contributed by atoms with Crippen LogP contribution in [0, 0.1) is 5.41 Å². The van der Waals surface area contributed by atoms with E-state index in [0.29, 0.717) is 15.5 Å². The summed E-state index contributed by atoms with van der Waals surface area (Å²) in [7, 11) is 0. The van der Waals surface area contributed by atoms with Crippen molar-refractivity contribution in [2.45, 2.75) is 38.2 Å². The smallest absolute Gasteiger partial charge is 0.0964 e. The van der Waals surface area contributed by atoms with Crippen molar-refractivity contribution in [2.75, 3.05) is 19.7 Å². The lowest BCUT2D eigenvalue weighted by Crippen LogP contribution is -2.37. The van der Waals surface area contributed by atoms with E-state index in [0.717, 1.165) is 25.3 Å². The summed E-state index contributed by atoms with van der Waals surface area (Å²) >= 11 is 12.4. The van der Waals surface area contributed by atoms with Gasteiger partial charge in [0.2, 0.25) is 0 Å². The minimum atomic E-state index is 0.00232. The Morgan fingerprint density at radius 2 is 1.95 bits per heavy atom. The van der Waals surface area contributed by atoms with Crippen LogP contribution in [-0.2, 0) is 4.74 Å². The summed E-state index contributed by atoms with van der Waals surface area (Å²) in [6.07, 6.45) is 6.57. The van der Waals surface area contributed by atoms with Gasteiger partial charge in [0.15, 0.2) is 0 Å². The molecule has 1 spiro atoms. The third-order valence-corrected chi connectivity index (χ3v) is 5.50. The molecule has 0 aromatic heterocycles. The third kappa shape index (κ3) is 2.99. The van der Waals surface area contributed by atoms with Gasteiger partial charge >= 0.3 is 0 Å². The van der Waals surface area contributed by atoms with Crippen LogP contribution in [0.4, 0.5) is 0 Å². The zero-order valence-corrected chi connectivity index (χ0v) is 13.1. The van der Waals surface area contributed by atoms with E-state index in [2.05, 4.69) is 5.32 Å². The summed E-state index contributed by atoms with van der Waals surface area (Å²) in [5, 5.41) is 4.80. The summed E-state index contributed by atoms with van der Waals surface area (Å²) in [5.74, 6) is 0. The summed E-state index contributed by atoms with van der Waals surface area (Å²) in [5.41, 5.74) is 1.33. The molecular formula is C16H21Cl2NO. The first kappa shape index (κ1) is 14.6. The molecule has 110 valence electrons. The van der Waals surface area contributed by atoms with Crippen molar-refractivity contribution >= 4 is 23.2 Å². The van der Waals surface area contributed by atoms with E-state index in [1.165, 1.54) is 32.1 Å². The quantitative estimate of drug-likeness (QED) is 0.817. The van der Waals surface area contributed by atoms with Crippen molar-refractivity contribution in [1.29, 1.82) is 0 Å². The molecule has 1 aromatic carbocycles. The van der Waals surface area contributed by atoms with Gasteiger partial charge in [-0.1, -0.05) is 54.6 Å². The summed E-state index contributed by atoms with van der Waals surface area (Å²) in [6.45, 7) is 2.69. The van der Waals surface area contributed by atoms with Gasteiger partial charge in [0.1, 0.15) is 0 Å². The number of benzene rings is 1. The van der Waals surface area contributed by atoms with Gasteiger partial charge in [-0.25, -0.2) is 0 Å². The minimum absolute atomic E-state index is 0.00232. The Morgan fingerprint density at radius 1 is 1.15 bits per heavy atom. The van der Waals surface area contributed by atoms with Crippen LogP contribution in [-0.4, -0.2) is 19.7 Å². The topological polar surface area (TPSA) is 21.3 Å². The molecule has 2 fully saturated rings.